The van der Waals surface area contributed by atoms with E-state index in [2.05, 4.69) is 10.0 Å². The molecule has 1 amide bonds. The predicted octanol–water partition coefficient (Wildman–Crippen LogP) is 4.90. The number of carbonyl (C=O) groups excluding carboxylic acids is 1. The predicted molar refractivity (Wildman–Crippen MR) is 103 cm³/mol. The van der Waals surface area contributed by atoms with Gasteiger partial charge in [-0.1, -0.05) is 18.2 Å². The summed E-state index contributed by atoms with van der Waals surface area (Å²) < 4.78 is 79.5. The Morgan fingerprint density at radius 1 is 0.867 bits per heavy atom. The molecule has 3 rings (SSSR count). The van der Waals surface area contributed by atoms with E-state index in [-0.39, 0.29) is 16.1 Å². The number of hydrogen-bond donors (Lipinski definition) is 2. The van der Waals surface area contributed by atoms with E-state index in [0.717, 1.165) is 30.3 Å². The van der Waals surface area contributed by atoms with Gasteiger partial charge in [0.05, 0.1) is 16.1 Å². The number of rotatable bonds is 5. The van der Waals surface area contributed by atoms with Crippen molar-refractivity contribution in [2.45, 2.75) is 11.1 Å². The molecule has 0 saturated carbocycles. The van der Waals surface area contributed by atoms with Crippen LogP contribution in [0.1, 0.15) is 15.9 Å². The number of hydrogen-bond acceptors (Lipinski definition) is 3. The van der Waals surface area contributed by atoms with Crippen LogP contribution in [0.4, 0.5) is 28.9 Å². The highest BCUT2D eigenvalue weighted by Gasteiger charge is 2.33. The van der Waals surface area contributed by atoms with Gasteiger partial charge in [0.25, 0.3) is 15.9 Å². The van der Waals surface area contributed by atoms with Gasteiger partial charge < -0.3 is 5.32 Å². The molecule has 0 bridgehead atoms. The molecule has 3 aromatic rings. The van der Waals surface area contributed by atoms with Crippen molar-refractivity contribution in [3.63, 3.8) is 0 Å². The minimum Gasteiger partial charge on any atom is -0.321 e. The molecule has 0 spiro atoms. The first-order valence-electron chi connectivity index (χ1n) is 8.42. The second-order valence-corrected chi connectivity index (χ2v) is 7.82. The van der Waals surface area contributed by atoms with E-state index >= 15 is 0 Å². The van der Waals surface area contributed by atoms with Crippen LogP contribution in [0.25, 0.3) is 0 Å². The molecule has 0 unspecified atom stereocenters. The van der Waals surface area contributed by atoms with Crippen LogP contribution in [0.2, 0.25) is 0 Å². The highest BCUT2D eigenvalue weighted by molar-refractivity contribution is 7.92. The van der Waals surface area contributed by atoms with Crippen molar-refractivity contribution in [2.75, 3.05) is 10.0 Å². The Hall–Kier alpha value is -3.40. The summed E-state index contributed by atoms with van der Waals surface area (Å²) in [6.45, 7) is 0. The summed E-state index contributed by atoms with van der Waals surface area (Å²) in [5.74, 6) is -1.46. The molecule has 0 aliphatic carbocycles. The number of para-hydroxylation sites is 1. The third-order valence-electron chi connectivity index (χ3n) is 3.98. The molecule has 3 aromatic carbocycles. The van der Waals surface area contributed by atoms with Crippen molar-refractivity contribution < 1.29 is 30.8 Å². The molecule has 2 N–H and O–H groups in total. The van der Waals surface area contributed by atoms with Gasteiger partial charge in [-0.25, -0.2) is 12.8 Å². The zero-order valence-corrected chi connectivity index (χ0v) is 15.9. The first-order chi connectivity index (χ1) is 14.1. The number of carbonyl (C=O) groups is 1. The van der Waals surface area contributed by atoms with Crippen molar-refractivity contribution in [1.29, 1.82) is 0 Å². The maximum Gasteiger partial charge on any atom is 0.418 e. The highest BCUT2D eigenvalue weighted by Crippen LogP contribution is 2.34. The second kappa shape index (κ2) is 8.15. The molecular formula is C20H14F4N2O3S. The third-order valence-corrected chi connectivity index (χ3v) is 5.36. The van der Waals surface area contributed by atoms with Gasteiger partial charge in [-0.15, -0.1) is 0 Å². The maximum atomic E-state index is 13.1. The summed E-state index contributed by atoms with van der Waals surface area (Å²) in [5, 5.41) is 2.15. The van der Waals surface area contributed by atoms with Crippen LogP contribution in [-0.2, 0) is 16.2 Å². The van der Waals surface area contributed by atoms with E-state index < -0.39 is 39.2 Å². The van der Waals surface area contributed by atoms with Gasteiger partial charge in [0.15, 0.2) is 0 Å². The van der Waals surface area contributed by atoms with Crippen molar-refractivity contribution >= 4 is 27.3 Å². The van der Waals surface area contributed by atoms with E-state index in [1.165, 1.54) is 42.5 Å². The van der Waals surface area contributed by atoms with E-state index in [0.29, 0.717) is 0 Å². The smallest absolute Gasteiger partial charge is 0.321 e. The van der Waals surface area contributed by atoms with Crippen molar-refractivity contribution in [3.05, 3.63) is 89.7 Å². The number of anilines is 2. The van der Waals surface area contributed by atoms with Crippen LogP contribution in [0.3, 0.4) is 0 Å². The van der Waals surface area contributed by atoms with Gasteiger partial charge in [-0.2, -0.15) is 13.2 Å². The molecule has 0 saturated heterocycles. The number of sulfonamides is 1. The lowest BCUT2D eigenvalue weighted by atomic mass is 10.1. The Balaban J connectivity index is 1.85. The van der Waals surface area contributed by atoms with Crippen LogP contribution < -0.4 is 10.0 Å². The van der Waals surface area contributed by atoms with Gasteiger partial charge in [0.2, 0.25) is 0 Å². The zero-order chi connectivity index (χ0) is 21.9. The normalized spacial score (nSPS) is 11.7. The Kier molecular flexibility index (Phi) is 5.79. The van der Waals surface area contributed by atoms with Crippen LogP contribution in [0.15, 0.2) is 77.7 Å². The van der Waals surface area contributed by atoms with E-state index in [9.17, 15) is 30.8 Å². The first-order valence-corrected chi connectivity index (χ1v) is 9.90. The lowest BCUT2D eigenvalue weighted by Gasteiger charge is -2.14. The summed E-state index contributed by atoms with van der Waals surface area (Å²) in [6, 6.07) is 13.8. The van der Waals surface area contributed by atoms with Gasteiger partial charge in [-0.05, 0) is 54.6 Å². The number of benzene rings is 3. The number of alkyl halides is 3. The van der Waals surface area contributed by atoms with Gasteiger partial charge in [-0.3, -0.25) is 9.52 Å². The monoisotopic (exact) mass is 438 g/mol. The van der Waals surface area contributed by atoms with Crippen molar-refractivity contribution in [3.8, 4) is 0 Å². The highest BCUT2D eigenvalue weighted by atomic mass is 32.2. The van der Waals surface area contributed by atoms with Crippen LogP contribution in [0.5, 0.6) is 0 Å². The Morgan fingerprint density at radius 3 is 2.20 bits per heavy atom. The molecule has 0 aliphatic heterocycles. The fraction of sp³-hybridized carbons (Fsp3) is 0.0500. The number of nitrogens with one attached hydrogen (secondary N) is 2. The molecule has 0 aliphatic rings. The van der Waals surface area contributed by atoms with Crippen LogP contribution in [-0.4, -0.2) is 14.3 Å². The lowest BCUT2D eigenvalue weighted by molar-refractivity contribution is -0.136. The van der Waals surface area contributed by atoms with Crippen molar-refractivity contribution in [1.82, 2.24) is 0 Å². The minimum absolute atomic E-state index is 0.102. The van der Waals surface area contributed by atoms with Gasteiger partial charge >= 0.3 is 6.18 Å². The largest absolute Gasteiger partial charge is 0.418 e. The third kappa shape index (κ3) is 4.95. The van der Waals surface area contributed by atoms with E-state index in [1.54, 1.807) is 0 Å². The van der Waals surface area contributed by atoms with Crippen molar-refractivity contribution in [2.24, 2.45) is 0 Å². The molecule has 156 valence electrons. The molecule has 5 nitrogen and oxygen atoms in total. The quantitative estimate of drug-likeness (QED) is 0.557. The summed E-state index contributed by atoms with van der Waals surface area (Å²) in [7, 11) is -4.12. The summed E-state index contributed by atoms with van der Waals surface area (Å²) in [5.41, 5.74) is -1.54. The SMILES string of the molecule is O=C(Nc1ccccc1C(F)(F)F)c1cccc(S(=O)(=O)Nc2ccc(F)cc2)c1. The zero-order valence-electron chi connectivity index (χ0n) is 15.1. The summed E-state index contributed by atoms with van der Waals surface area (Å²) >= 11 is 0. The van der Waals surface area contributed by atoms with Crippen LogP contribution in [0, 0.1) is 5.82 Å². The Labute approximate surface area is 169 Å². The second-order valence-electron chi connectivity index (χ2n) is 6.14. The summed E-state index contributed by atoms with van der Waals surface area (Å²) in [6.07, 6.45) is -4.67. The fourth-order valence-corrected chi connectivity index (χ4v) is 3.67. The van der Waals surface area contributed by atoms with Gasteiger partial charge in [0.1, 0.15) is 5.82 Å². The molecule has 10 heteroatoms. The fourth-order valence-electron chi connectivity index (χ4n) is 2.57. The topological polar surface area (TPSA) is 75.3 Å². The summed E-state index contributed by atoms with van der Waals surface area (Å²) in [4.78, 5) is 12.1. The average molecular weight is 438 g/mol. The van der Waals surface area contributed by atoms with Gasteiger partial charge in [0, 0.05) is 11.3 Å². The maximum absolute atomic E-state index is 13.1. The molecule has 0 heterocycles. The first kappa shape index (κ1) is 21.3. The Bertz CT molecular complexity index is 1180. The molecule has 0 atom stereocenters. The number of amides is 1. The van der Waals surface area contributed by atoms with E-state index in [1.807, 2.05) is 0 Å². The lowest BCUT2D eigenvalue weighted by Crippen LogP contribution is -2.18. The molecule has 0 fully saturated rings. The standard InChI is InChI=1S/C20H14F4N2O3S/c21-14-8-10-15(11-9-14)26-30(28,29)16-5-3-4-13(12-16)19(27)25-18-7-2-1-6-17(18)20(22,23)24/h1-12,26H,(H,25,27). The molecule has 0 radical (unpaired) electrons. The number of halogens is 4. The Morgan fingerprint density at radius 2 is 1.53 bits per heavy atom. The minimum atomic E-state index is -4.67. The molecule has 30 heavy (non-hydrogen) atoms. The van der Waals surface area contributed by atoms with E-state index in [4.69, 9.17) is 0 Å². The molecule has 0 aromatic heterocycles. The molecular weight excluding hydrogens is 424 g/mol. The van der Waals surface area contributed by atoms with Crippen LogP contribution >= 0.6 is 0 Å². The average Bonchev–Trinajstić information content (AvgIpc) is 2.69.